The molecule has 2 aliphatic rings. The molecule has 2 aromatic rings. The molecule has 2 saturated heterocycles. The summed E-state index contributed by atoms with van der Waals surface area (Å²) >= 11 is 1.48. The van der Waals surface area contributed by atoms with Crippen LogP contribution in [0.4, 0.5) is 0 Å². The molecule has 4 rings (SSSR count). The molecule has 0 bridgehead atoms. The number of aromatic nitrogens is 2. The van der Waals surface area contributed by atoms with E-state index in [1.54, 1.807) is 5.51 Å². The van der Waals surface area contributed by atoms with Crippen molar-refractivity contribution in [3.05, 3.63) is 46.7 Å². The number of rotatable bonds is 3. The van der Waals surface area contributed by atoms with Crippen molar-refractivity contribution in [2.45, 2.75) is 25.8 Å². The summed E-state index contributed by atoms with van der Waals surface area (Å²) in [5.41, 5.74) is 3.85. The number of nitrogens with zero attached hydrogens (tertiary/aromatic N) is 4. The maximum atomic E-state index is 12.6. The van der Waals surface area contributed by atoms with E-state index in [-0.39, 0.29) is 11.3 Å². The molecule has 2 aromatic heterocycles. The van der Waals surface area contributed by atoms with Crippen molar-refractivity contribution in [2.24, 2.45) is 5.41 Å². The number of hydrogen-bond acceptors (Lipinski definition) is 5. The van der Waals surface area contributed by atoms with Crippen LogP contribution in [0.3, 0.4) is 0 Å². The van der Waals surface area contributed by atoms with E-state index in [1.165, 1.54) is 29.7 Å². The molecule has 5 nitrogen and oxygen atoms in total. The SMILES string of the molecule is O=C(c1cscn1)N1CCC[C@@]2(CCN(Cc3cccnc3)C2)C1. The van der Waals surface area contributed by atoms with E-state index in [0.29, 0.717) is 5.69 Å². The first kappa shape index (κ1) is 15.7. The highest BCUT2D eigenvalue weighted by Gasteiger charge is 2.42. The van der Waals surface area contributed by atoms with Crippen molar-refractivity contribution in [1.82, 2.24) is 19.8 Å². The van der Waals surface area contributed by atoms with Gasteiger partial charge in [-0.3, -0.25) is 14.7 Å². The fourth-order valence-corrected chi connectivity index (χ4v) is 4.63. The number of amides is 1. The average Bonchev–Trinajstić information content (AvgIpc) is 3.26. The summed E-state index contributed by atoms with van der Waals surface area (Å²) < 4.78 is 0. The molecule has 1 amide bonds. The molecule has 126 valence electrons. The second kappa shape index (κ2) is 6.61. The summed E-state index contributed by atoms with van der Waals surface area (Å²) in [4.78, 5) is 25.5. The van der Waals surface area contributed by atoms with Gasteiger partial charge in [-0.05, 0) is 37.4 Å². The number of carbonyl (C=O) groups excluding carboxylic acids is 1. The zero-order valence-electron chi connectivity index (χ0n) is 13.7. The van der Waals surface area contributed by atoms with E-state index >= 15 is 0 Å². The van der Waals surface area contributed by atoms with Crippen LogP contribution < -0.4 is 0 Å². The molecule has 0 radical (unpaired) electrons. The summed E-state index contributed by atoms with van der Waals surface area (Å²) in [6.45, 7) is 4.86. The number of thiazole rings is 1. The van der Waals surface area contributed by atoms with Crippen LogP contribution in [0.15, 0.2) is 35.4 Å². The van der Waals surface area contributed by atoms with Gasteiger partial charge in [0.05, 0.1) is 5.51 Å². The number of likely N-dealkylation sites (tertiary alicyclic amines) is 2. The molecule has 6 heteroatoms. The van der Waals surface area contributed by atoms with Crippen LogP contribution in [0.2, 0.25) is 0 Å². The van der Waals surface area contributed by atoms with Gasteiger partial charge in [-0.15, -0.1) is 11.3 Å². The smallest absolute Gasteiger partial charge is 0.273 e. The fraction of sp³-hybridized carbons (Fsp3) is 0.500. The van der Waals surface area contributed by atoms with Gasteiger partial charge in [-0.2, -0.15) is 0 Å². The van der Waals surface area contributed by atoms with Crippen molar-refractivity contribution >= 4 is 17.2 Å². The van der Waals surface area contributed by atoms with Crippen LogP contribution in [0.25, 0.3) is 0 Å². The van der Waals surface area contributed by atoms with Crippen LogP contribution in [-0.2, 0) is 6.54 Å². The number of piperidine rings is 1. The van der Waals surface area contributed by atoms with Gasteiger partial charge in [0.25, 0.3) is 5.91 Å². The summed E-state index contributed by atoms with van der Waals surface area (Å²) in [6.07, 6.45) is 7.25. The molecule has 0 aliphatic carbocycles. The first-order chi connectivity index (χ1) is 11.7. The van der Waals surface area contributed by atoms with Gasteiger partial charge in [0.15, 0.2) is 0 Å². The molecule has 0 N–H and O–H groups in total. The molecule has 1 spiro atoms. The Bertz CT molecular complexity index is 690. The van der Waals surface area contributed by atoms with Gasteiger partial charge in [0.1, 0.15) is 5.69 Å². The quantitative estimate of drug-likeness (QED) is 0.860. The third-order valence-corrected chi connectivity index (χ3v) is 5.83. The minimum Gasteiger partial charge on any atom is -0.337 e. The molecule has 0 unspecified atom stereocenters. The lowest BCUT2D eigenvalue weighted by Gasteiger charge is -2.40. The van der Waals surface area contributed by atoms with E-state index in [4.69, 9.17) is 0 Å². The monoisotopic (exact) mass is 342 g/mol. The lowest BCUT2D eigenvalue weighted by atomic mass is 9.79. The maximum absolute atomic E-state index is 12.6. The van der Waals surface area contributed by atoms with Crippen molar-refractivity contribution in [3.63, 3.8) is 0 Å². The molecule has 1 atom stereocenters. The van der Waals surface area contributed by atoms with Gasteiger partial charge in [0, 0.05) is 49.4 Å². The lowest BCUT2D eigenvalue weighted by Crippen LogP contribution is -2.47. The molecule has 4 heterocycles. The Hall–Kier alpha value is -1.79. The minimum atomic E-state index is 0.0982. The topological polar surface area (TPSA) is 49.3 Å². The molecular formula is C18H22N4OS. The van der Waals surface area contributed by atoms with Crippen LogP contribution in [0.1, 0.15) is 35.3 Å². The van der Waals surface area contributed by atoms with Crippen LogP contribution in [0.5, 0.6) is 0 Å². The average molecular weight is 342 g/mol. The predicted octanol–water partition coefficient (Wildman–Crippen LogP) is 2.67. The highest BCUT2D eigenvalue weighted by atomic mass is 32.1. The fourth-order valence-electron chi connectivity index (χ4n) is 4.11. The summed E-state index contributed by atoms with van der Waals surface area (Å²) in [7, 11) is 0. The van der Waals surface area contributed by atoms with Gasteiger partial charge >= 0.3 is 0 Å². The first-order valence-corrected chi connectivity index (χ1v) is 9.47. The third kappa shape index (κ3) is 3.21. The van der Waals surface area contributed by atoms with Crippen LogP contribution >= 0.6 is 11.3 Å². The Morgan fingerprint density at radius 1 is 1.29 bits per heavy atom. The lowest BCUT2D eigenvalue weighted by molar-refractivity contribution is 0.0522. The normalized spacial score (nSPS) is 24.6. The van der Waals surface area contributed by atoms with Gasteiger partial charge in [-0.1, -0.05) is 6.07 Å². The minimum absolute atomic E-state index is 0.0982. The molecular weight excluding hydrogens is 320 g/mol. The summed E-state index contributed by atoms with van der Waals surface area (Å²) in [5.74, 6) is 0.0982. The highest BCUT2D eigenvalue weighted by Crippen LogP contribution is 2.39. The predicted molar refractivity (Wildman–Crippen MR) is 93.8 cm³/mol. The Morgan fingerprint density at radius 3 is 3.04 bits per heavy atom. The second-order valence-electron chi connectivity index (χ2n) is 7.03. The summed E-state index contributed by atoms with van der Waals surface area (Å²) in [6, 6.07) is 4.13. The van der Waals surface area contributed by atoms with Crippen LogP contribution in [0, 0.1) is 5.41 Å². The number of hydrogen-bond donors (Lipinski definition) is 0. The van der Waals surface area contributed by atoms with E-state index in [9.17, 15) is 4.79 Å². The van der Waals surface area contributed by atoms with Gasteiger partial charge in [-0.25, -0.2) is 4.98 Å². The van der Waals surface area contributed by atoms with Crippen molar-refractivity contribution in [2.75, 3.05) is 26.2 Å². The zero-order valence-corrected chi connectivity index (χ0v) is 14.5. The highest BCUT2D eigenvalue weighted by molar-refractivity contribution is 7.07. The standard InChI is InChI=1S/C18H22N4OS/c23-17(16-11-24-14-20-16)22-7-2-4-18(13-22)5-8-21(12-18)10-15-3-1-6-19-9-15/h1,3,6,9,11,14H,2,4-5,7-8,10,12-13H2/t18-/m0/s1. The van der Waals surface area contributed by atoms with Crippen molar-refractivity contribution in [3.8, 4) is 0 Å². The molecule has 0 aromatic carbocycles. The summed E-state index contributed by atoms with van der Waals surface area (Å²) in [5, 5.41) is 1.85. The van der Waals surface area contributed by atoms with Gasteiger partial charge < -0.3 is 4.90 Å². The van der Waals surface area contributed by atoms with Gasteiger partial charge in [0.2, 0.25) is 0 Å². The molecule has 2 fully saturated rings. The zero-order chi connectivity index (χ0) is 16.4. The van der Waals surface area contributed by atoms with E-state index in [2.05, 4.69) is 20.9 Å². The van der Waals surface area contributed by atoms with E-state index in [1.807, 2.05) is 28.7 Å². The van der Waals surface area contributed by atoms with E-state index < -0.39 is 0 Å². The largest absolute Gasteiger partial charge is 0.337 e. The maximum Gasteiger partial charge on any atom is 0.273 e. The van der Waals surface area contributed by atoms with Crippen LogP contribution in [-0.4, -0.2) is 51.9 Å². The second-order valence-corrected chi connectivity index (χ2v) is 7.74. The molecule has 2 aliphatic heterocycles. The van der Waals surface area contributed by atoms with E-state index in [0.717, 1.165) is 39.1 Å². The Morgan fingerprint density at radius 2 is 2.25 bits per heavy atom. The Labute approximate surface area is 146 Å². The van der Waals surface area contributed by atoms with Crippen molar-refractivity contribution < 1.29 is 4.79 Å². The molecule has 0 saturated carbocycles. The third-order valence-electron chi connectivity index (χ3n) is 5.25. The molecule has 24 heavy (non-hydrogen) atoms. The first-order valence-electron chi connectivity index (χ1n) is 8.53. The Balaban J connectivity index is 1.41. The number of pyridine rings is 1. The van der Waals surface area contributed by atoms with Crippen molar-refractivity contribution in [1.29, 1.82) is 0 Å². The number of carbonyl (C=O) groups is 1. The Kier molecular flexibility index (Phi) is 4.33.